The zero-order chi connectivity index (χ0) is 12.3. The van der Waals surface area contributed by atoms with Crippen LogP contribution in [0.5, 0.6) is 11.5 Å². The zero-order valence-corrected chi connectivity index (χ0v) is 10.6. The van der Waals surface area contributed by atoms with Crippen LogP contribution in [0.4, 0.5) is 10.8 Å². The first kappa shape index (κ1) is 11.6. The number of benzene rings is 1. The normalized spacial score (nSPS) is 10.1. The summed E-state index contributed by atoms with van der Waals surface area (Å²) in [6, 6.07) is 5.64. The van der Waals surface area contributed by atoms with Crippen LogP contribution in [0.25, 0.3) is 0 Å². The lowest BCUT2D eigenvalue weighted by Crippen LogP contribution is -2.09. The summed E-state index contributed by atoms with van der Waals surface area (Å²) >= 11 is 1.23. The quantitative estimate of drug-likeness (QED) is 0.825. The van der Waals surface area contributed by atoms with Crippen LogP contribution in [0.15, 0.2) is 18.2 Å². The maximum Gasteiger partial charge on any atom is 0.232 e. The molecule has 0 saturated heterocycles. The number of rotatable bonds is 4. The highest BCUT2D eigenvalue weighted by Crippen LogP contribution is 2.33. The van der Waals surface area contributed by atoms with Crippen LogP contribution >= 0.6 is 11.5 Å². The number of hydrogen-bond donors (Lipinski definition) is 0. The van der Waals surface area contributed by atoms with Crippen LogP contribution in [0.2, 0.25) is 0 Å². The van der Waals surface area contributed by atoms with Crippen LogP contribution in [0.1, 0.15) is 0 Å². The third kappa shape index (κ3) is 2.28. The van der Waals surface area contributed by atoms with E-state index in [-0.39, 0.29) is 0 Å². The number of aromatic nitrogens is 3. The van der Waals surface area contributed by atoms with Crippen molar-refractivity contribution >= 4 is 22.4 Å². The molecule has 90 valence electrons. The fraction of sp³-hybridized carbons (Fsp3) is 0.300. The summed E-state index contributed by atoms with van der Waals surface area (Å²) in [5.41, 5.74) is 0.932. The Bertz CT molecular complexity index is 489. The molecule has 0 aliphatic rings. The van der Waals surface area contributed by atoms with Crippen molar-refractivity contribution in [2.75, 3.05) is 26.2 Å². The van der Waals surface area contributed by atoms with Gasteiger partial charge >= 0.3 is 0 Å². The van der Waals surface area contributed by atoms with Gasteiger partial charge in [0, 0.05) is 30.3 Å². The second-order valence-electron chi connectivity index (χ2n) is 3.24. The molecule has 0 aliphatic heterocycles. The van der Waals surface area contributed by atoms with E-state index >= 15 is 0 Å². The van der Waals surface area contributed by atoms with Crippen molar-refractivity contribution in [3.05, 3.63) is 18.2 Å². The summed E-state index contributed by atoms with van der Waals surface area (Å²) in [5, 5.41) is 8.19. The van der Waals surface area contributed by atoms with Gasteiger partial charge in [-0.25, -0.2) is 0 Å². The Morgan fingerprint density at radius 3 is 2.53 bits per heavy atom. The van der Waals surface area contributed by atoms with Crippen molar-refractivity contribution in [1.29, 1.82) is 0 Å². The molecule has 0 saturated carbocycles. The largest absolute Gasteiger partial charge is 0.493 e. The molecule has 0 spiro atoms. The molecular formula is C10H12N4O2S. The van der Waals surface area contributed by atoms with E-state index in [1.807, 2.05) is 30.1 Å². The van der Waals surface area contributed by atoms with Crippen molar-refractivity contribution in [3.8, 4) is 11.5 Å². The summed E-state index contributed by atoms with van der Waals surface area (Å²) < 4.78 is 14.2. The minimum atomic E-state index is 0.675. The monoisotopic (exact) mass is 252 g/mol. The van der Waals surface area contributed by atoms with E-state index in [4.69, 9.17) is 9.47 Å². The van der Waals surface area contributed by atoms with Gasteiger partial charge in [-0.05, 0) is 17.3 Å². The van der Waals surface area contributed by atoms with Gasteiger partial charge in [0.25, 0.3) is 0 Å². The molecule has 1 heterocycles. The highest BCUT2D eigenvalue weighted by Gasteiger charge is 2.11. The molecular weight excluding hydrogens is 240 g/mol. The topological polar surface area (TPSA) is 60.4 Å². The second-order valence-corrected chi connectivity index (χ2v) is 3.95. The Kier molecular flexibility index (Phi) is 3.38. The van der Waals surface area contributed by atoms with Gasteiger partial charge < -0.3 is 14.4 Å². The molecule has 2 aromatic rings. The third-order valence-corrected chi connectivity index (χ3v) is 3.00. The van der Waals surface area contributed by atoms with E-state index in [1.54, 1.807) is 14.2 Å². The first-order valence-electron chi connectivity index (χ1n) is 4.87. The number of anilines is 2. The van der Waals surface area contributed by atoms with Gasteiger partial charge in [0.05, 0.1) is 14.2 Å². The van der Waals surface area contributed by atoms with Gasteiger partial charge in [0.15, 0.2) is 11.5 Å². The van der Waals surface area contributed by atoms with Crippen LogP contribution in [0, 0.1) is 0 Å². The summed E-state index contributed by atoms with van der Waals surface area (Å²) in [6.45, 7) is 0. The molecule has 17 heavy (non-hydrogen) atoms. The fourth-order valence-corrected chi connectivity index (χ4v) is 1.85. The van der Waals surface area contributed by atoms with Gasteiger partial charge in [0.1, 0.15) is 0 Å². The van der Waals surface area contributed by atoms with Gasteiger partial charge in [-0.15, -0.1) is 0 Å². The molecule has 0 atom stereocenters. The van der Waals surface area contributed by atoms with E-state index in [0.29, 0.717) is 11.5 Å². The first-order valence-corrected chi connectivity index (χ1v) is 5.64. The van der Waals surface area contributed by atoms with Gasteiger partial charge in [-0.2, -0.15) is 0 Å². The van der Waals surface area contributed by atoms with Crippen molar-refractivity contribution < 1.29 is 9.47 Å². The third-order valence-electron chi connectivity index (χ3n) is 2.33. The second kappa shape index (κ2) is 4.96. The molecule has 0 fully saturated rings. The lowest BCUT2D eigenvalue weighted by Gasteiger charge is -2.16. The van der Waals surface area contributed by atoms with Crippen molar-refractivity contribution in [2.45, 2.75) is 0 Å². The van der Waals surface area contributed by atoms with E-state index < -0.39 is 0 Å². The molecule has 7 heteroatoms. The Morgan fingerprint density at radius 1 is 1.18 bits per heavy atom. The van der Waals surface area contributed by atoms with E-state index in [1.165, 1.54) is 11.5 Å². The highest BCUT2D eigenvalue weighted by molar-refractivity contribution is 7.09. The maximum absolute atomic E-state index is 5.24. The van der Waals surface area contributed by atoms with E-state index in [9.17, 15) is 0 Å². The molecule has 1 aromatic heterocycles. The molecule has 0 unspecified atom stereocenters. The zero-order valence-electron chi connectivity index (χ0n) is 9.75. The summed E-state index contributed by atoms with van der Waals surface area (Å²) in [6.07, 6.45) is 0. The molecule has 0 amide bonds. The Balaban J connectivity index is 2.33. The van der Waals surface area contributed by atoms with E-state index in [2.05, 4.69) is 14.8 Å². The van der Waals surface area contributed by atoms with Gasteiger partial charge in [0.2, 0.25) is 5.13 Å². The lowest BCUT2D eigenvalue weighted by molar-refractivity contribution is 0.355. The molecule has 2 rings (SSSR count). The highest BCUT2D eigenvalue weighted by atomic mass is 32.1. The minimum Gasteiger partial charge on any atom is -0.493 e. The molecule has 0 N–H and O–H groups in total. The summed E-state index contributed by atoms with van der Waals surface area (Å²) in [5.74, 6) is 1.37. The number of methoxy groups -OCH3 is 2. The van der Waals surface area contributed by atoms with Crippen molar-refractivity contribution in [3.63, 3.8) is 0 Å². The predicted molar refractivity (Wildman–Crippen MR) is 65.3 cm³/mol. The molecule has 6 nitrogen and oxygen atoms in total. The SMILES string of the molecule is COc1ccc(N(C)c2nnns2)cc1OC. The smallest absolute Gasteiger partial charge is 0.232 e. The lowest BCUT2D eigenvalue weighted by atomic mass is 10.2. The Labute approximate surface area is 103 Å². The predicted octanol–water partition coefficient (Wildman–Crippen LogP) is 1.72. The summed E-state index contributed by atoms with van der Waals surface area (Å²) in [4.78, 5) is 1.88. The van der Waals surface area contributed by atoms with Crippen molar-refractivity contribution in [2.24, 2.45) is 0 Å². The van der Waals surface area contributed by atoms with Crippen LogP contribution in [0.3, 0.4) is 0 Å². The summed E-state index contributed by atoms with van der Waals surface area (Å²) in [7, 11) is 5.10. The number of nitrogens with zero attached hydrogens (tertiary/aromatic N) is 4. The minimum absolute atomic E-state index is 0.675. The Hall–Kier alpha value is -1.89. The van der Waals surface area contributed by atoms with Gasteiger partial charge in [-0.3, -0.25) is 0 Å². The van der Waals surface area contributed by atoms with Crippen LogP contribution < -0.4 is 14.4 Å². The van der Waals surface area contributed by atoms with E-state index in [0.717, 1.165) is 10.8 Å². The average molecular weight is 252 g/mol. The number of hydrogen-bond acceptors (Lipinski definition) is 7. The van der Waals surface area contributed by atoms with Crippen LogP contribution in [-0.2, 0) is 0 Å². The fourth-order valence-electron chi connectivity index (χ4n) is 1.40. The average Bonchev–Trinajstić information content (AvgIpc) is 2.90. The first-order chi connectivity index (χ1) is 8.26. The molecule has 0 bridgehead atoms. The molecule has 1 aromatic carbocycles. The molecule has 0 aliphatic carbocycles. The van der Waals surface area contributed by atoms with Crippen molar-refractivity contribution in [1.82, 2.24) is 14.8 Å². The van der Waals surface area contributed by atoms with Crippen LogP contribution in [-0.4, -0.2) is 36.1 Å². The number of ether oxygens (including phenoxy) is 2. The maximum atomic E-state index is 5.24. The standard InChI is InChI=1S/C10H12N4O2S/c1-14(10-11-12-13-17-10)7-4-5-8(15-2)9(6-7)16-3/h4-6H,1-3H3. The van der Waals surface area contributed by atoms with Gasteiger partial charge in [-0.1, -0.05) is 9.59 Å². The molecule has 0 radical (unpaired) electrons. The Morgan fingerprint density at radius 2 is 1.94 bits per heavy atom.